The van der Waals surface area contributed by atoms with E-state index >= 15 is 8.78 Å². The quantitative estimate of drug-likeness (QED) is 0.151. The first kappa shape index (κ1) is 30.1. The zero-order valence-corrected chi connectivity index (χ0v) is 23.4. The van der Waals surface area contributed by atoms with E-state index in [9.17, 15) is 13.6 Å². The van der Waals surface area contributed by atoms with Crippen LogP contribution in [0.5, 0.6) is 5.88 Å². The summed E-state index contributed by atoms with van der Waals surface area (Å²) >= 11 is 0. The van der Waals surface area contributed by atoms with Gasteiger partial charge in [0.25, 0.3) is 5.88 Å². The van der Waals surface area contributed by atoms with Crippen LogP contribution >= 0.6 is 0 Å². The molecule has 0 aliphatic rings. The van der Waals surface area contributed by atoms with Crippen molar-refractivity contribution >= 4 is 17.0 Å². The Morgan fingerprint density at radius 2 is 1.75 bits per heavy atom. The largest absolute Gasteiger partial charge is 0.471 e. The molecule has 224 valence electrons. The van der Waals surface area contributed by atoms with Crippen molar-refractivity contribution < 1.29 is 36.6 Å². The fraction of sp³-hybridized carbons (Fsp3) is 0.194. The Morgan fingerprint density at radius 3 is 2.48 bits per heavy atom. The minimum Gasteiger partial charge on any atom is -0.471 e. The highest BCUT2D eigenvalue weighted by Gasteiger charge is 2.21. The summed E-state index contributed by atoms with van der Waals surface area (Å²) in [6, 6.07) is 12.9. The normalized spacial score (nSPS) is 11.0. The number of nitriles is 1. The molecular formula is C31H23F4N5O4. The van der Waals surface area contributed by atoms with Crippen LogP contribution in [0.25, 0.3) is 22.4 Å². The Morgan fingerprint density at radius 1 is 0.955 bits per heavy atom. The molecule has 9 nitrogen and oxygen atoms in total. The number of carbonyl (C=O) groups is 1. The van der Waals surface area contributed by atoms with Crippen molar-refractivity contribution in [3.05, 3.63) is 106 Å². The summed E-state index contributed by atoms with van der Waals surface area (Å²) in [4.78, 5) is 24.3. The van der Waals surface area contributed by atoms with E-state index in [2.05, 4.69) is 15.0 Å². The Hall–Kier alpha value is -5.35. The molecule has 0 bridgehead atoms. The average Bonchev–Trinajstić information content (AvgIpc) is 3.37. The summed E-state index contributed by atoms with van der Waals surface area (Å²) in [6.07, 6.45) is 0.628. The van der Waals surface area contributed by atoms with Crippen molar-refractivity contribution in [3.63, 3.8) is 0 Å². The monoisotopic (exact) mass is 605 g/mol. The number of esters is 1. The van der Waals surface area contributed by atoms with Crippen LogP contribution in [0, 0.1) is 34.6 Å². The van der Waals surface area contributed by atoms with Crippen LogP contribution in [0.4, 0.5) is 17.6 Å². The Balaban J connectivity index is 1.43. The molecule has 0 spiro atoms. The summed E-state index contributed by atoms with van der Waals surface area (Å²) in [5.41, 5.74) is 1.18. The molecule has 0 aliphatic carbocycles. The van der Waals surface area contributed by atoms with E-state index < -0.39 is 41.7 Å². The van der Waals surface area contributed by atoms with Crippen LogP contribution in [-0.2, 0) is 29.0 Å². The number of hydrogen-bond acceptors (Lipinski definition) is 8. The fourth-order valence-corrected chi connectivity index (χ4v) is 4.52. The number of ether oxygens (including phenoxy) is 3. The molecule has 0 atom stereocenters. The van der Waals surface area contributed by atoms with Gasteiger partial charge in [-0.1, -0.05) is 12.1 Å². The smallest absolute Gasteiger partial charge is 0.337 e. The first-order valence-electron chi connectivity index (χ1n) is 13.1. The molecule has 5 aromatic rings. The van der Waals surface area contributed by atoms with Crippen molar-refractivity contribution in [3.8, 4) is 23.3 Å². The lowest BCUT2D eigenvalue weighted by Gasteiger charge is -2.12. The average molecular weight is 606 g/mol. The van der Waals surface area contributed by atoms with E-state index in [0.717, 1.165) is 12.3 Å². The van der Waals surface area contributed by atoms with Crippen molar-refractivity contribution in [2.24, 2.45) is 0 Å². The minimum absolute atomic E-state index is 0.0247. The summed E-state index contributed by atoms with van der Waals surface area (Å²) in [5.74, 6) is -5.27. The first-order chi connectivity index (χ1) is 21.2. The van der Waals surface area contributed by atoms with Gasteiger partial charge in [0.15, 0.2) is 17.5 Å². The van der Waals surface area contributed by atoms with Gasteiger partial charge in [0.1, 0.15) is 18.2 Å². The fourth-order valence-electron chi connectivity index (χ4n) is 4.52. The standard InChI is InChI=1S/C31H23F4N5O4/c1-42-10-9-40-25-12-19(31(41)43-2)6-8-24(25)38-26(40)13-18-5-7-21(28(35)27(18)34)29-37-15-23(33)30(39-29)44-16-20-4-3-17(14-36)11-22(20)32/h3-8,11-12,15H,9-10,13,16H2,1-2H3. The van der Waals surface area contributed by atoms with Gasteiger partial charge < -0.3 is 18.8 Å². The highest BCUT2D eigenvalue weighted by molar-refractivity contribution is 5.93. The van der Waals surface area contributed by atoms with Gasteiger partial charge in [0, 0.05) is 25.6 Å². The number of carbonyl (C=O) groups excluding carboxylic acids is 1. The highest BCUT2D eigenvalue weighted by Crippen LogP contribution is 2.28. The van der Waals surface area contributed by atoms with E-state index in [0.29, 0.717) is 35.6 Å². The van der Waals surface area contributed by atoms with E-state index in [1.165, 1.54) is 38.5 Å². The van der Waals surface area contributed by atoms with Gasteiger partial charge in [-0.2, -0.15) is 14.6 Å². The highest BCUT2D eigenvalue weighted by atomic mass is 19.2. The van der Waals surface area contributed by atoms with Crippen molar-refractivity contribution in [1.29, 1.82) is 5.26 Å². The third-order valence-corrected chi connectivity index (χ3v) is 6.78. The summed E-state index contributed by atoms with van der Waals surface area (Å²) in [5, 5.41) is 8.88. The van der Waals surface area contributed by atoms with Crippen LogP contribution in [0.15, 0.2) is 54.7 Å². The molecule has 0 saturated heterocycles. The van der Waals surface area contributed by atoms with Crippen LogP contribution in [-0.4, -0.2) is 46.3 Å². The lowest BCUT2D eigenvalue weighted by atomic mass is 10.1. The van der Waals surface area contributed by atoms with Gasteiger partial charge >= 0.3 is 5.97 Å². The SMILES string of the molecule is COCCn1c(Cc2ccc(-c3ncc(F)c(OCc4ccc(C#N)cc4F)n3)c(F)c2F)nc2ccc(C(=O)OC)cc21. The number of rotatable bonds is 10. The number of fused-ring (bicyclic) bond motifs is 1. The zero-order valence-electron chi connectivity index (χ0n) is 23.4. The maximum absolute atomic E-state index is 15.4. The summed E-state index contributed by atoms with van der Waals surface area (Å²) < 4.78 is 76.5. The number of hydrogen-bond donors (Lipinski definition) is 0. The number of benzene rings is 3. The van der Waals surface area contributed by atoms with Gasteiger partial charge in [-0.3, -0.25) is 0 Å². The Labute approximate surface area is 248 Å². The molecule has 2 heterocycles. The van der Waals surface area contributed by atoms with Crippen LogP contribution < -0.4 is 4.74 Å². The van der Waals surface area contributed by atoms with Gasteiger partial charge in [-0.15, -0.1) is 0 Å². The van der Waals surface area contributed by atoms with Crippen LogP contribution in [0.3, 0.4) is 0 Å². The second kappa shape index (κ2) is 12.9. The van der Waals surface area contributed by atoms with Crippen LogP contribution in [0.1, 0.15) is 32.9 Å². The number of methoxy groups -OCH3 is 2. The third-order valence-electron chi connectivity index (χ3n) is 6.78. The predicted molar refractivity (Wildman–Crippen MR) is 149 cm³/mol. The molecule has 2 aromatic heterocycles. The lowest BCUT2D eigenvalue weighted by Crippen LogP contribution is -2.10. The zero-order chi connectivity index (χ0) is 31.4. The molecule has 0 unspecified atom stereocenters. The lowest BCUT2D eigenvalue weighted by molar-refractivity contribution is 0.0601. The molecular weight excluding hydrogens is 582 g/mol. The maximum Gasteiger partial charge on any atom is 0.337 e. The molecule has 0 saturated carbocycles. The molecule has 0 N–H and O–H groups in total. The van der Waals surface area contributed by atoms with Gasteiger partial charge in [-0.25, -0.2) is 27.9 Å². The van der Waals surface area contributed by atoms with E-state index in [1.54, 1.807) is 28.8 Å². The van der Waals surface area contributed by atoms with E-state index in [4.69, 9.17) is 19.5 Å². The van der Waals surface area contributed by atoms with Gasteiger partial charge in [0.2, 0.25) is 5.82 Å². The number of aromatic nitrogens is 4. The summed E-state index contributed by atoms with van der Waals surface area (Å²) in [6.45, 7) is 0.181. The predicted octanol–water partition coefficient (Wildman–Crippen LogP) is 5.52. The molecule has 0 amide bonds. The van der Waals surface area contributed by atoms with Crippen molar-refractivity contribution in [1.82, 2.24) is 19.5 Å². The number of halogens is 4. The van der Waals surface area contributed by atoms with E-state index in [1.807, 2.05) is 0 Å². The summed E-state index contributed by atoms with van der Waals surface area (Å²) in [7, 11) is 2.79. The number of imidazole rings is 1. The van der Waals surface area contributed by atoms with Gasteiger partial charge in [0.05, 0.1) is 53.7 Å². The molecule has 13 heteroatoms. The molecule has 0 radical (unpaired) electrons. The maximum atomic E-state index is 15.4. The van der Waals surface area contributed by atoms with Crippen molar-refractivity contribution in [2.75, 3.05) is 20.8 Å². The third kappa shape index (κ3) is 6.06. The number of nitrogens with zero attached hydrogens (tertiary/aromatic N) is 5. The molecule has 0 fully saturated rings. The first-order valence-corrected chi connectivity index (χ1v) is 13.1. The second-order valence-electron chi connectivity index (χ2n) is 9.50. The van der Waals surface area contributed by atoms with Gasteiger partial charge in [-0.05, 0) is 42.0 Å². The topological polar surface area (TPSA) is 112 Å². The Bertz CT molecular complexity index is 1920. The van der Waals surface area contributed by atoms with Crippen molar-refractivity contribution in [2.45, 2.75) is 19.6 Å². The molecule has 3 aromatic carbocycles. The molecule has 0 aliphatic heterocycles. The minimum atomic E-state index is -1.27. The van der Waals surface area contributed by atoms with Crippen LogP contribution in [0.2, 0.25) is 0 Å². The molecule has 44 heavy (non-hydrogen) atoms. The molecule has 5 rings (SSSR count). The second-order valence-corrected chi connectivity index (χ2v) is 9.50. The Kier molecular flexibility index (Phi) is 8.82. The van der Waals surface area contributed by atoms with E-state index in [-0.39, 0.29) is 34.5 Å².